The molecule has 0 saturated carbocycles. The molecule has 2 atom stereocenters. The van der Waals surface area contributed by atoms with E-state index in [0.29, 0.717) is 13.2 Å². The lowest BCUT2D eigenvalue weighted by atomic mass is 10.2. The molecule has 0 aromatic carbocycles. The Hall–Kier alpha value is -0.190. The number of nitrogens with zero attached hydrogens (tertiary/aromatic N) is 1. The Morgan fingerprint density at radius 2 is 2.38 bits per heavy atom. The number of hydrogen-bond donors (Lipinski definition) is 1. The molecule has 1 heterocycles. The first-order valence-corrected chi connectivity index (χ1v) is 4.80. The number of hydrogen-bond acceptors (Lipinski definition) is 3. The van der Waals surface area contributed by atoms with Crippen molar-refractivity contribution in [1.29, 1.82) is 0 Å². The average Bonchev–Trinajstić information content (AvgIpc) is 2.31. The third-order valence-corrected chi connectivity index (χ3v) is 2.31. The Morgan fingerprint density at radius 3 is 3.08 bits per heavy atom. The minimum Gasteiger partial charge on any atom is -0.389 e. The van der Waals surface area contributed by atoms with Crippen LogP contribution in [0.2, 0.25) is 0 Å². The Morgan fingerprint density at radius 1 is 1.62 bits per heavy atom. The molecule has 0 aromatic rings. The third-order valence-electron chi connectivity index (χ3n) is 2.31. The van der Waals surface area contributed by atoms with Crippen molar-refractivity contribution in [3.8, 4) is 0 Å². The van der Waals surface area contributed by atoms with E-state index in [1.165, 1.54) is 0 Å². The molecule has 13 heavy (non-hydrogen) atoms. The van der Waals surface area contributed by atoms with Gasteiger partial charge in [-0.1, -0.05) is 0 Å². The zero-order chi connectivity index (χ0) is 9.68. The lowest BCUT2D eigenvalue weighted by molar-refractivity contribution is 0.0671. The van der Waals surface area contributed by atoms with Crippen molar-refractivity contribution in [3.05, 3.63) is 0 Å². The fourth-order valence-corrected chi connectivity index (χ4v) is 1.47. The number of β-amino-alcohol motifs (C(OH)–C–C–N with tert-alkyl or cyclic N) is 1. The van der Waals surface area contributed by atoms with Gasteiger partial charge in [-0.15, -0.1) is 0 Å². The van der Waals surface area contributed by atoms with Gasteiger partial charge in [0.1, 0.15) is 6.67 Å². The van der Waals surface area contributed by atoms with E-state index in [2.05, 4.69) is 0 Å². The second-order valence-corrected chi connectivity index (χ2v) is 3.58. The molecule has 0 radical (unpaired) electrons. The van der Waals surface area contributed by atoms with Gasteiger partial charge in [-0.2, -0.15) is 0 Å². The number of halogens is 1. The Kier molecular flexibility index (Phi) is 4.62. The van der Waals surface area contributed by atoms with Crippen LogP contribution in [0.4, 0.5) is 4.39 Å². The second-order valence-electron chi connectivity index (χ2n) is 3.58. The molecule has 1 aliphatic heterocycles. The summed E-state index contributed by atoms with van der Waals surface area (Å²) in [5.41, 5.74) is 0. The molecule has 0 aromatic heterocycles. The predicted molar refractivity (Wildman–Crippen MR) is 48.5 cm³/mol. The van der Waals surface area contributed by atoms with Crippen LogP contribution < -0.4 is 0 Å². The van der Waals surface area contributed by atoms with Gasteiger partial charge >= 0.3 is 0 Å². The standard InChI is InChI=1S/C9H18FNO2/c1-8-2-3-11(4-5-13-8)7-9(12)6-10/h8-9,12H,2-7H2,1H3. The molecule has 1 N–H and O–H groups in total. The quantitative estimate of drug-likeness (QED) is 0.702. The Labute approximate surface area is 78.5 Å². The van der Waals surface area contributed by atoms with Crippen LogP contribution in [0.15, 0.2) is 0 Å². The SMILES string of the molecule is CC1CCN(CC(O)CF)CCO1. The summed E-state index contributed by atoms with van der Waals surface area (Å²) in [6.45, 7) is 4.16. The van der Waals surface area contributed by atoms with Gasteiger partial charge in [-0.05, 0) is 13.3 Å². The second kappa shape index (κ2) is 5.52. The monoisotopic (exact) mass is 191 g/mol. The fraction of sp³-hybridized carbons (Fsp3) is 1.00. The van der Waals surface area contributed by atoms with Gasteiger partial charge in [-0.3, -0.25) is 4.90 Å². The van der Waals surface area contributed by atoms with E-state index in [1.54, 1.807) is 0 Å². The molecular weight excluding hydrogens is 173 g/mol. The van der Waals surface area contributed by atoms with Crippen LogP contribution in [-0.2, 0) is 4.74 Å². The van der Waals surface area contributed by atoms with Crippen molar-refractivity contribution in [2.75, 3.05) is 32.9 Å². The molecule has 3 nitrogen and oxygen atoms in total. The fourth-order valence-electron chi connectivity index (χ4n) is 1.47. The first-order valence-electron chi connectivity index (χ1n) is 4.80. The highest BCUT2D eigenvalue weighted by molar-refractivity contribution is 4.68. The molecule has 0 bridgehead atoms. The summed E-state index contributed by atoms with van der Waals surface area (Å²) in [6.07, 6.45) is 0.403. The van der Waals surface area contributed by atoms with Crippen molar-refractivity contribution in [2.24, 2.45) is 0 Å². The molecule has 78 valence electrons. The van der Waals surface area contributed by atoms with Gasteiger partial charge in [0.25, 0.3) is 0 Å². The maximum atomic E-state index is 12.0. The van der Waals surface area contributed by atoms with Crippen LogP contribution in [0.1, 0.15) is 13.3 Å². The van der Waals surface area contributed by atoms with E-state index >= 15 is 0 Å². The summed E-state index contributed by atoms with van der Waals surface area (Å²) in [6, 6.07) is 0. The number of alkyl halides is 1. The smallest absolute Gasteiger partial charge is 0.117 e. The van der Waals surface area contributed by atoms with Crippen molar-refractivity contribution < 1.29 is 14.2 Å². The summed E-state index contributed by atoms with van der Waals surface area (Å²) in [7, 11) is 0. The maximum absolute atomic E-state index is 12.0. The average molecular weight is 191 g/mol. The van der Waals surface area contributed by atoms with Crippen molar-refractivity contribution in [1.82, 2.24) is 4.90 Å². The Balaban J connectivity index is 2.25. The molecule has 0 spiro atoms. The lowest BCUT2D eigenvalue weighted by Gasteiger charge is -2.20. The van der Waals surface area contributed by atoms with Gasteiger partial charge in [0.05, 0.1) is 18.8 Å². The van der Waals surface area contributed by atoms with E-state index in [-0.39, 0.29) is 6.10 Å². The first-order chi connectivity index (χ1) is 6.22. The van der Waals surface area contributed by atoms with Crippen LogP contribution in [0.25, 0.3) is 0 Å². The maximum Gasteiger partial charge on any atom is 0.117 e. The van der Waals surface area contributed by atoms with E-state index in [1.807, 2.05) is 11.8 Å². The highest BCUT2D eigenvalue weighted by Gasteiger charge is 2.16. The van der Waals surface area contributed by atoms with Crippen molar-refractivity contribution in [3.63, 3.8) is 0 Å². The van der Waals surface area contributed by atoms with Gasteiger partial charge in [0, 0.05) is 19.6 Å². The predicted octanol–water partition coefficient (Wildman–Crippen LogP) is 0.428. The van der Waals surface area contributed by atoms with Crippen molar-refractivity contribution >= 4 is 0 Å². The van der Waals surface area contributed by atoms with Crippen molar-refractivity contribution in [2.45, 2.75) is 25.6 Å². The molecule has 1 fully saturated rings. The molecular formula is C9H18FNO2. The number of ether oxygens (including phenoxy) is 1. The number of rotatable bonds is 3. The molecule has 0 amide bonds. The van der Waals surface area contributed by atoms with Crippen LogP contribution in [-0.4, -0.2) is 55.1 Å². The van der Waals surface area contributed by atoms with E-state index in [9.17, 15) is 4.39 Å². The Bertz CT molecular complexity index is 146. The molecule has 1 saturated heterocycles. The molecule has 1 aliphatic rings. The minimum absolute atomic E-state index is 0.285. The lowest BCUT2D eigenvalue weighted by Crippen LogP contribution is -2.35. The molecule has 1 rings (SSSR count). The van der Waals surface area contributed by atoms with Gasteiger partial charge < -0.3 is 9.84 Å². The highest BCUT2D eigenvalue weighted by Crippen LogP contribution is 2.06. The topological polar surface area (TPSA) is 32.7 Å². The highest BCUT2D eigenvalue weighted by atomic mass is 19.1. The number of aliphatic hydroxyl groups excluding tert-OH is 1. The van der Waals surface area contributed by atoms with Gasteiger partial charge in [0.15, 0.2) is 0 Å². The summed E-state index contributed by atoms with van der Waals surface area (Å²) in [5, 5.41) is 9.11. The minimum atomic E-state index is -0.839. The molecule has 4 heteroatoms. The third kappa shape index (κ3) is 4.02. The molecule has 0 aliphatic carbocycles. The number of aliphatic hydroxyl groups is 1. The van der Waals surface area contributed by atoms with Gasteiger partial charge in [0.2, 0.25) is 0 Å². The van der Waals surface area contributed by atoms with Crippen LogP contribution in [0.3, 0.4) is 0 Å². The summed E-state index contributed by atoms with van der Waals surface area (Å²) in [4.78, 5) is 2.05. The summed E-state index contributed by atoms with van der Waals surface area (Å²) >= 11 is 0. The normalized spacial score (nSPS) is 28.4. The zero-order valence-electron chi connectivity index (χ0n) is 8.08. The van der Waals surface area contributed by atoms with E-state index < -0.39 is 12.8 Å². The zero-order valence-corrected chi connectivity index (χ0v) is 8.08. The van der Waals surface area contributed by atoms with Crippen LogP contribution in [0, 0.1) is 0 Å². The van der Waals surface area contributed by atoms with Gasteiger partial charge in [-0.25, -0.2) is 4.39 Å². The summed E-state index contributed by atoms with van der Waals surface area (Å²) in [5.74, 6) is 0. The van der Waals surface area contributed by atoms with Crippen LogP contribution >= 0.6 is 0 Å². The van der Waals surface area contributed by atoms with E-state index in [4.69, 9.17) is 9.84 Å². The summed E-state index contributed by atoms with van der Waals surface area (Å²) < 4.78 is 17.4. The van der Waals surface area contributed by atoms with E-state index in [0.717, 1.165) is 19.5 Å². The largest absolute Gasteiger partial charge is 0.389 e. The molecule has 2 unspecified atom stereocenters. The van der Waals surface area contributed by atoms with Crippen LogP contribution in [0.5, 0.6) is 0 Å². The first kappa shape index (κ1) is 10.9.